The molecule has 0 radical (unpaired) electrons. The van der Waals surface area contributed by atoms with E-state index >= 15 is 0 Å². The number of carbonyl (C=O) groups excluding carboxylic acids is 1. The average Bonchev–Trinajstić information content (AvgIpc) is 2.37. The third-order valence-corrected chi connectivity index (χ3v) is 2.20. The maximum atomic E-state index is 11.1. The molecule has 1 aromatic rings. The minimum absolute atomic E-state index is 0.147. The number of methoxy groups -OCH3 is 2. The van der Waals surface area contributed by atoms with E-state index in [9.17, 15) is 14.4 Å². The second-order valence-corrected chi connectivity index (χ2v) is 3.32. The van der Waals surface area contributed by atoms with Crippen LogP contribution in [0.1, 0.15) is 10.4 Å². The molecular formula is C11H11NO7. The number of aromatic carboxylic acids is 1. The molecule has 0 heterocycles. The van der Waals surface area contributed by atoms with Crippen molar-refractivity contribution in [1.82, 2.24) is 0 Å². The number of benzene rings is 1. The molecule has 0 aliphatic heterocycles. The summed E-state index contributed by atoms with van der Waals surface area (Å²) in [4.78, 5) is 32.6. The molecule has 0 atom stereocenters. The van der Waals surface area contributed by atoms with E-state index < -0.39 is 17.8 Å². The van der Waals surface area contributed by atoms with Gasteiger partial charge in [0.2, 0.25) is 0 Å². The number of hydrogen-bond donors (Lipinski definition) is 3. The maximum Gasteiger partial charge on any atom is 0.394 e. The second-order valence-electron chi connectivity index (χ2n) is 3.32. The number of aliphatic carboxylic acids is 1. The van der Waals surface area contributed by atoms with Crippen molar-refractivity contribution in [3.8, 4) is 11.5 Å². The predicted octanol–water partition coefficient (Wildman–Crippen LogP) is 0.425. The molecule has 8 heteroatoms. The number of carbonyl (C=O) groups is 3. The van der Waals surface area contributed by atoms with Crippen molar-refractivity contribution in [2.24, 2.45) is 0 Å². The first kappa shape index (κ1) is 14.3. The summed E-state index contributed by atoms with van der Waals surface area (Å²) in [5.74, 6) is -4.12. The fourth-order valence-corrected chi connectivity index (χ4v) is 1.34. The smallest absolute Gasteiger partial charge is 0.394 e. The highest BCUT2D eigenvalue weighted by Gasteiger charge is 2.20. The van der Waals surface area contributed by atoms with Crippen LogP contribution in [0.3, 0.4) is 0 Å². The lowest BCUT2D eigenvalue weighted by Crippen LogP contribution is -2.23. The lowest BCUT2D eigenvalue weighted by molar-refractivity contribution is -0.147. The number of rotatable bonds is 4. The lowest BCUT2D eigenvalue weighted by Gasteiger charge is -2.12. The number of nitrogens with one attached hydrogen (secondary N) is 1. The van der Waals surface area contributed by atoms with E-state index in [2.05, 4.69) is 0 Å². The van der Waals surface area contributed by atoms with Gasteiger partial charge in [-0.05, 0) is 0 Å². The molecule has 0 aromatic heterocycles. The standard InChI is InChI=1S/C11H11NO7/c1-18-7-3-5(10(14)15)6(4-8(7)19-2)12-9(13)11(16)17/h3-4H,1-2H3,(H,12,13)(H,14,15)(H,16,17). The Morgan fingerprint density at radius 2 is 1.58 bits per heavy atom. The SMILES string of the molecule is COc1cc(NC(=O)C(=O)O)c(C(=O)O)cc1OC. The minimum Gasteiger partial charge on any atom is -0.493 e. The van der Waals surface area contributed by atoms with Gasteiger partial charge in [0.15, 0.2) is 11.5 Å². The van der Waals surface area contributed by atoms with Crippen LogP contribution in [0.2, 0.25) is 0 Å². The summed E-state index contributed by atoms with van der Waals surface area (Å²) in [5.41, 5.74) is -0.509. The first-order valence-electron chi connectivity index (χ1n) is 4.94. The summed E-state index contributed by atoms with van der Waals surface area (Å²) in [7, 11) is 2.64. The van der Waals surface area contributed by atoms with Gasteiger partial charge in [0.05, 0.1) is 25.5 Å². The average molecular weight is 269 g/mol. The van der Waals surface area contributed by atoms with Gasteiger partial charge in [-0.3, -0.25) is 4.79 Å². The van der Waals surface area contributed by atoms with E-state index in [0.29, 0.717) is 0 Å². The van der Waals surface area contributed by atoms with Crippen molar-refractivity contribution < 1.29 is 34.1 Å². The Balaban J connectivity index is 3.31. The molecule has 0 saturated heterocycles. The van der Waals surface area contributed by atoms with Gasteiger partial charge >= 0.3 is 17.8 Å². The maximum absolute atomic E-state index is 11.1. The molecule has 0 aliphatic rings. The Hall–Kier alpha value is -2.77. The number of anilines is 1. The molecule has 1 aromatic carbocycles. The first-order valence-corrected chi connectivity index (χ1v) is 4.94. The van der Waals surface area contributed by atoms with Crippen molar-refractivity contribution in [2.75, 3.05) is 19.5 Å². The largest absolute Gasteiger partial charge is 0.493 e. The summed E-state index contributed by atoms with van der Waals surface area (Å²) in [6, 6.07) is 2.29. The van der Waals surface area contributed by atoms with Crippen molar-refractivity contribution in [3.63, 3.8) is 0 Å². The monoisotopic (exact) mass is 269 g/mol. The molecule has 19 heavy (non-hydrogen) atoms. The van der Waals surface area contributed by atoms with Gasteiger partial charge in [-0.2, -0.15) is 0 Å². The van der Waals surface area contributed by atoms with E-state index in [4.69, 9.17) is 19.7 Å². The zero-order chi connectivity index (χ0) is 14.6. The summed E-state index contributed by atoms with van der Waals surface area (Å²) in [6.07, 6.45) is 0. The molecule has 0 spiro atoms. The van der Waals surface area contributed by atoms with Gasteiger partial charge in [-0.25, -0.2) is 9.59 Å². The third-order valence-electron chi connectivity index (χ3n) is 2.20. The van der Waals surface area contributed by atoms with Crippen LogP contribution in [0, 0.1) is 0 Å². The Labute approximate surface area is 107 Å². The van der Waals surface area contributed by atoms with Crippen molar-refractivity contribution in [2.45, 2.75) is 0 Å². The van der Waals surface area contributed by atoms with Gasteiger partial charge in [0.1, 0.15) is 0 Å². The summed E-state index contributed by atoms with van der Waals surface area (Å²) >= 11 is 0. The molecule has 0 aliphatic carbocycles. The van der Waals surface area contributed by atoms with Crippen LogP contribution >= 0.6 is 0 Å². The van der Waals surface area contributed by atoms with Crippen molar-refractivity contribution >= 4 is 23.5 Å². The molecule has 1 amide bonds. The van der Waals surface area contributed by atoms with Crippen molar-refractivity contribution in [3.05, 3.63) is 17.7 Å². The van der Waals surface area contributed by atoms with E-state index in [1.165, 1.54) is 20.3 Å². The summed E-state index contributed by atoms with van der Waals surface area (Å²) < 4.78 is 9.85. The fraction of sp³-hybridized carbons (Fsp3) is 0.182. The van der Waals surface area contributed by atoms with Crippen LogP contribution in [0.15, 0.2) is 12.1 Å². The van der Waals surface area contributed by atoms with E-state index in [0.717, 1.165) is 6.07 Å². The number of ether oxygens (including phenoxy) is 2. The minimum atomic E-state index is -1.73. The Kier molecular flexibility index (Phi) is 4.30. The summed E-state index contributed by atoms with van der Waals surface area (Å²) in [6.45, 7) is 0. The molecule has 102 valence electrons. The highest BCUT2D eigenvalue weighted by molar-refractivity contribution is 6.36. The van der Waals surface area contributed by atoms with Gasteiger partial charge < -0.3 is 25.0 Å². The molecular weight excluding hydrogens is 258 g/mol. The summed E-state index contributed by atoms with van der Waals surface area (Å²) in [5, 5.41) is 19.5. The highest BCUT2D eigenvalue weighted by Crippen LogP contribution is 2.33. The number of hydrogen-bond acceptors (Lipinski definition) is 5. The second kappa shape index (κ2) is 5.71. The fourth-order valence-electron chi connectivity index (χ4n) is 1.34. The van der Waals surface area contributed by atoms with Crippen LogP contribution in [0.5, 0.6) is 11.5 Å². The lowest BCUT2D eigenvalue weighted by atomic mass is 10.1. The van der Waals surface area contributed by atoms with E-state index in [1.807, 2.05) is 5.32 Å². The van der Waals surface area contributed by atoms with Crippen LogP contribution in [-0.2, 0) is 9.59 Å². The molecule has 8 nitrogen and oxygen atoms in total. The quantitative estimate of drug-likeness (QED) is 0.677. The van der Waals surface area contributed by atoms with E-state index in [1.54, 1.807) is 0 Å². The Morgan fingerprint density at radius 3 is 2.00 bits per heavy atom. The first-order chi connectivity index (χ1) is 8.90. The third kappa shape index (κ3) is 3.12. The van der Waals surface area contributed by atoms with Gasteiger partial charge in [-0.1, -0.05) is 0 Å². The van der Waals surface area contributed by atoms with Gasteiger partial charge in [-0.15, -0.1) is 0 Å². The molecule has 0 fully saturated rings. The molecule has 3 N–H and O–H groups in total. The number of amides is 1. The Bertz CT molecular complexity index is 538. The number of carboxylic acids is 2. The van der Waals surface area contributed by atoms with Crippen molar-refractivity contribution in [1.29, 1.82) is 0 Å². The molecule has 0 unspecified atom stereocenters. The van der Waals surface area contributed by atoms with Crippen LogP contribution in [-0.4, -0.2) is 42.3 Å². The molecule has 0 saturated carbocycles. The zero-order valence-electron chi connectivity index (χ0n) is 10.1. The van der Waals surface area contributed by atoms with Gasteiger partial charge in [0, 0.05) is 12.1 Å². The van der Waals surface area contributed by atoms with Crippen LogP contribution in [0.4, 0.5) is 5.69 Å². The van der Waals surface area contributed by atoms with Gasteiger partial charge in [0.25, 0.3) is 0 Å². The van der Waals surface area contributed by atoms with Crippen LogP contribution in [0.25, 0.3) is 0 Å². The number of carboxylic acid groups (broad SMARTS) is 2. The van der Waals surface area contributed by atoms with E-state index in [-0.39, 0.29) is 22.7 Å². The highest BCUT2D eigenvalue weighted by atomic mass is 16.5. The normalized spacial score (nSPS) is 9.58. The zero-order valence-corrected chi connectivity index (χ0v) is 10.1. The Morgan fingerprint density at radius 1 is 1.05 bits per heavy atom. The van der Waals surface area contributed by atoms with Crippen LogP contribution < -0.4 is 14.8 Å². The predicted molar refractivity (Wildman–Crippen MR) is 62.8 cm³/mol. The topological polar surface area (TPSA) is 122 Å². The molecule has 0 bridgehead atoms. The molecule has 1 rings (SSSR count).